The van der Waals surface area contributed by atoms with Gasteiger partial charge in [0, 0.05) is 36.1 Å². The predicted octanol–water partition coefficient (Wildman–Crippen LogP) is 3.14. The number of hydrogen-bond acceptors (Lipinski definition) is 3. The molecule has 0 saturated heterocycles. The molecule has 0 aliphatic carbocycles. The minimum atomic E-state index is -0.0839. The van der Waals surface area contributed by atoms with Crippen LogP contribution in [-0.2, 0) is 0 Å². The second-order valence-corrected chi connectivity index (χ2v) is 5.92. The van der Waals surface area contributed by atoms with E-state index in [0.29, 0.717) is 23.7 Å². The highest BCUT2D eigenvalue weighted by atomic mass is 16.1. The number of benzene rings is 1. The van der Waals surface area contributed by atoms with Crippen molar-refractivity contribution in [3.05, 3.63) is 59.4 Å². The van der Waals surface area contributed by atoms with Crippen LogP contribution in [0.1, 0.15) is 41.3 Å². The Bertz CT molecular complexity index is 638. The first-order valence-corrected chi connectivity index (χ1v) is 7.53. The number of hydrogen-bond donors (Lipinski definition) is 2. The van der Waals surface area contributed by atoms with Gasteiger partial charge in [-0.2, -0.15) is 0 Å². The fraction of sp³-hybridized carbons (Fsp3) is 0.333. The molecule has 0 bridgehead atoms. The van der Waals surface area contributed by atoms with Crippen LogP contribution in [0.25, 0.3) is 0 Å². The summed E-state index contributed by atoms with van der Waals surface area (Å²) in [6.07, 6.45) is 3.62. The number of nitrogen functional groups attached to an aromatic ring is 1. The van der Waals surface area contributed by atoms with Crippen molar-refractivity contribution in [3.63, 3.8) is 0 Å². The molecule has 2 aromatic rings. The molecule has 116 valence electrons. The summed E-state index contributed by atoms with van der Waals surface area (Å²) in [4.78, 5) is 16.6. The van der Waals surface area contributed by atoms with E-state index in [2.05, 4.69) is 30.2 Å². The molecule has 0 saturated carbocycles. The summed E-state index contributed by atoms with van der Waals surface area (Å²) < 4.78 is 0. The monoisotopic (exact) mass is 297 g/mol. The van der Waals surface area contributed by atoms with E-state index in [1.54, 1.807) is 18.3 Å². The van der Waals surface area contributed by atoms with Crippen LogP contribution in [0.2, 0.25) is 0 Å². The number of nitrogens with two attached hydrogens (primary N) is 1. The third-order valence-electron chi connectivity index (χ3n) is 3.91. The summed E-state index contributed by atoms with van der Waals surface area (Å²) in [6.45, 7) is 6.79. The Balaban J connectivity index is 2.10. The van der Waals surface area contributed by atoms with E-state index in [1.165, 1.54) is 0 Å². The maximum absolute atomic E-state index is 12.4. The van der Waals surface area contributed by atoms with Gasteiger partial charge in [-0.25, -0.2) is 0 Å². The van der Waals surface area contributed by atoms with Crippen LogP contribution in [0, 0.1) is 12.8 Å². The average Bonchev–Trinajstić information content (AvgIpc) is 2.50. The zero-order valence-corrected chi connectivity index (χ0v) is 13.3. The number of anilines is 1. The number of rotatable bonds is 5. The lowest BCUT2D eigenvalue weighted by atomic mass is 9.89. The third kappa shape index (κ3) is 3.85. The highest BCUT2D eigenvalue weighted by Gasteiger charge is 2.18. The lowest BCUT2D eigenvalue weighted by Crippen LogP contribution is -2.31. The van der Waals surface area contributed by atoms with Crippen molar-refractivity contribution >= 4 is 11.6 Å². The normalized spacial score (nSPS) is 12.2. The van der Waals surface area contributed by atoms with Gasteiger partial charge in [-0.1, -0.05) is 26.0 Å². The smallest absolute Gasteiger partial charge is 0.251 e. The number of aromatic nitrogens is 1. The quantitative estimate of drug-likeness (QED) is 0.833. The molecule has 4 heteroatoms. The van der Waals surface area contributed by atoms with E-state index in [4.69, 9.17) is 5.73 Å². The first kappa shape index (κ1) is 16.0. The molecule has 1 aromatic heterocycles. The Morgan fingerprint density at radius 2 is 2.09 bits per heavy atom. The van der Waals surface area contributed by atoms with Gasteiger partial charge in [0.2, 0.25) is 0 Å². The topological polar surface area (TPSA) is 68.0 Å². The molecule has 0 spiro atoms. The summed E-state index contributed by atoms with van der Waals surface area (Å²) in [5.41, 5.74) is 9.07. The van der Waals surface area contributed by atoms with E-state index in [1.807, 2.05) is 25.3 Å². The molecule has 0 fully saturated rings. The van der Waals surface area contributed by atoms with Crippen molar-refractivity contribution in [3.8, 4) is 0 Å². The minimum Gasteiger partial charge on any atom is -0.399 e. The highest BCUT2D eigenvalue weighted by Crippen LogP contribution is 2.23. The van der Waals surface area contributed by atoms with Crippen molar-refractivity contribution < 1.29 is 4.79 Å². The standard InChI is InChI=1S/C18H23N3O/c1-12(2)17(14-5-4-8-20-10-14)11-21-18(22)16-9-15(19)7-6-13(16)3/h4-10,12,17H,11,19H2,1-3H3,(H,21,22). The summed E-state index contributed by atoms with van der Waals surface area (Å²) in [5, 5.41) is 3.02. The molecule has 0 aliphatic rings. The lowest BCUT2D eigenvalue weighted by Gasteiger charge is -2.21. The molecular weight excluding hydrogens is 274 g/mol. The minimum absolute atomic E-state index is 0.0839. The van der Waals surface area contributed by atoms with E-state index >= 15 is 0 Å². The Kier molecular flexibility index (Phi) is 5.15. The summed E-state index contributed by atoms with van der Waals surface area (Å²) >= 11 is 0. The van der Waals surface area contributed by atoms with Crippen LogP contribution in [0.3, 0.4) is 0 Å². The number of carbonyl (C=O) groups is 1. The molecular formula is C18H23N3O. The van der Waals surface area contributed by atoms with Gasteiger partial charge in [-0.15, -0.1) is 0 Å². The first-order valence-electron chi connectivity index (χ1n) is 7.53. The van der Waals surface area contributed by atoms with Gasteiger partial charge in [0.1, 0.15) is 0 Å². The van der Waals surface area contributed by atoms with E-state index in [0.717, 1.165) is 11.1 Å². The molecule has 0 radical (unpaired) electrons. The van der Waals surface area contributed by atoms with E-state index in [-0.39, 0.29) is 11.8 Å². The third-order valence-corrected chi connectivity index (χ3v) is 3.91. The first-order chi connectivity index (χ1) is 10.5. The van der Waals surface area contributed by atoms with Gasteiger partial charge < -0.3 is 11.1 Å². The number of amides is 1. The number of pyridine rings is 1. The molecule has 3 N–H and O–H groups in total. The summed E-state index contributed by atoms with van der Waals surface area (Å²) in [6, 6.07) is 9.37. The lowest BCUT2D eigenvalue weighted by molar-refractivity contribution is 0.0948. The van der Waals surface area contributed by atoms with Crippen LogP contribution < -0.4 is 11.1 Å². The van der Waals surface area contributed by atoms with Crippen LogP contribution in [0.4, 0.5) is 5.69 Å². The second kappa shape index (κ2) is 7.07. The van der Waals surface area contributed by atoms with E-state index < -0.39 is 0 Å². The van der Waals surface area contributed by atoms with Gasteiger partial charge in [0.05, 0.1) is 0 Å². The number of nitrogens with one attached hydrogen (secondary N) is 1. The van der Waals surface area contributed by atoms with E-state index in [9.17, 15) is 4.79 Å². The van der Waals surface area contributed by atoms with Crippen molar-refractivity contribution in [2.45, 2.75) is 26.7 Å². The van der Waals surface area contributed by atoms with Crippen molar-refractivity contribution in [1.82, 2.24) is 10.3 Å². The molecule has 1 atom stereocenters. The zero-order chi connectivity index (χ0) is 16.1. The highest BCUT2D eigenvalue weighted by molar-refractivity contribution is 5.96. The second-order valence-electron chi connectivity index (χ2n) is 5.92. The Morgan fingerprint density at radius 3 is 2.73 bits per heavy atom. The number of aryl methyl sites for hydroxylation is 1. The maximum atomic E-state index is 12.4. The van der Waals surface area contributed by atoms with Crippen LogP contribution in [-0.4, -0.2) is 17.4 Å². The van der Waals surface area contributed by atoms with Crippen LogP contribution in [0.15, 0.2) is 42.7 Å². The molecule has 22 heavy (non-hydrogen) atoms. The Morgan fingerprint density at radius 1 is 1.32 bits per heavy atom. The molecule has 0 aliphatic heterocycles. The van der Waals surface area contributed by atoms with Gasteiger partial charge >= 0.3 is 0 Å². The predicted molar refractivity (Wildman–Crippen MR) is 89.7 cm³/mol. The molecule has 1 heterocycles. The van der Waals surface area contributed by atoms with Crippen LogP contribution in [0.5, 0.6) is 0 Å². The molecule has 1 amide bonds. The largest absolute Gasteiger partial charge is 0.399 e. The summed E-state index contributed by atoms with van der Waals surface area (Å²) in [5.74, 6) is 0.560. The average molecular weight is 297 g/mol. The molecule has 1 unspecified atom stereocenters. The summed E-state index contributed by atoms with van der Waals surface area (Å²) in [7, 11) is 0. The molecule has 1 aromatic carbocycles. The zero-order valence-electron chi connectivity index (χ0n) is 13.3. The van der Waals surface area contributed by atoms with Gasteiger partial charge in [0.25, 0.3) is 5.91 Å². The van der Waals surface area contributed by atoms with Gasteiger partial charge in [0.15, 0.2) is 0 Å². The number of carbonyl (C=O) groups excluding carboxylic acids is 1. The number of nitrogens with zero attached hydrogens (tertiary/aromatic N) is 1. The van der Waals surface area contributed by atoms with Crippen molar-refractivity contribution in [2.75, 3.05) is 12.3 Å². The Labute approximate surface area is 131 Å². The van der Waals surface area contributed by atoms with Crippen LogP contribution >= 0.6 is 0 Å². The SMILES string of the molecule is Cc1ccc(N)cc1C(=O)NCC(c1cccnc1)C(C)C. The fourth-order valence-electron chi connectivity index (χ4n) is 2.52. The molecule has 2 rings (SSSR count). The Hall–Kier alpha value is -2.36. The van der Waals surface area contributed by atoms with Gasteiger partial charge in [-0.3, -0.25) is 9.78 Å². The van der Waals surface area contributed by atoms with Crippen molar-refractivity contribution in [2.24, 2.45) is 5.92 Å². The van der Waals surface area contributed by atoms with Crippen molar-refractivity contribution in [1.29, 1.82) is 0 Å². The fourth-order valence-corrected chi connectivity index (χ4v) is 2.52. The maximum Gasteiger partial charge on any atom is 0.251 e. The molecule has 4 nitrogen and oxygen atoms in total. The van der Waals surface area contributed by atoms with Gasteiger partial charge in [-0.05, 0) is 42.2 Å².